The molecule has 0 unspecified atom stereocenters. The topological polar surface area (TPSA) is 78.9 Å². The van der Waals surface area contributed by atoms with E-state index < -0.39 is 11.6 Å². The lowest BCUT2D eigenvalue weighted by atomic mass is 10.1. The van der Waals surface area contributed by atoms with Gasteiger partial charge in [0, 0.05) is 49.5 Å². The number of benzene rings is 1. The summed E-state index contributed by atoms with van der Waals surface area (Å²) in [6, 6.07) is 6.39. The van der Waals surface area contributed by atoms with Crippen LogP contribution in [0.2, 0.25) is 0 Å². The zero-order valence-electron chi connectivity index (χ0n) is 20.3. The molecule has 7 nitrogen and oxygen atoms in total. The molecule has 9 heteroatoms. The van der Waals surface area contributed by atoms with Crippen LogP contribution in [0.25, 0.3) is 22.3 Å². The molecule has 2 saturated carbocycles. The van der Waals surface area contributed by atoms with Gasteiger partial charge in [0.1, 0.15) is 29.0 Å². The monoisotopic (exact) mass is 499 g/mol. The summed E-state index contributed by atoms with van der Waals surface area (Å²) < 4.78 is 29.6. The van der Waals surface area contributed by atoms with Crippen molar-refractivity contribution in [2.75, 3.05) is 36.4 Å². The van der Waals surface area contributed by atoms with Crippen LogP contribution in [0.5, 0.6) is 0 Å². The van der Waals surface area contributed by atoms with Crippen LogP contribution in [0.4, 0.5) is 26.1 Å². The van der Waals surface area contributed by atoms with Crippen molar-refractivity contribution in [3.63, 3.8) is 0 Å². The van der Waals surface area contributed by atoms with E-state index in [4.69, 9.17) is 9.97 Å². The third-order valence-electron chi connectivity index (χ3n) is 7.44. The molecule has 1 aromatic carbocycles. The minimum atomic E-state index is -0.615. The summed E-state index contributed by atoms with van der Waals surface area (Å²) >= 11 is 0. The largest absolute Gasteiger partial charge is 0.353 e. The van der Waals surface area contributed by atoms with Crippen LogP contribution in [0.3, 0.4) is 0 Å². The lowest BCUT2D eigenvalue weighted by Crippen LogP contribution is -2.44. The van der Waals surface area contributed by atoms with Gasteiger partial charge in [0.15, 0.2) is 5.82 Å². The van der Waals surface area contributed by atoms with Crippen molar-refractivity contribution >= 4 is 28.2 Å². The van der Waals surface area contributed by atoms with Crippen LogP contribution in [-0.4, -0.2) is 46.1 Å². The van der Waals surface area contributed by atoms with E-state index in [0.717, 1.165) is 68.6 Å². The van der Waals surface area contributed by atoms with Crippen molar-refractivity contribution in [1.82, 2.24) is 25.3 Å². The molecule has 3 aliphatic rings. The fourth-order valence-corrected chi connectivity index (χ4v) is 5.16. The average Bonchev–Trinajstić information content (AvgIpc) is 3.83. The highest BCUT2D eigenvalue weighted by Gasteiger charge is 2.29. The predicted octanol–water partition coefficient (Wildman–Crippen LogP) is 5.27. The number of halogens is 2. The number of fused-ring (bicyclic) bond motifs is 1. The van der Waals surface area contributed by atoms with E-state index in [1.54, 1.807) is 18.5 Å². The van der Waals surface area contributed by atoms with Gasteiger partial charge in [0.25, 0.3) is 0 Å². The van der Waals surface area contributed by atoms with Gasteiger partial charge in [-0.05, 0) is 72.9 Å². The van der Waals surface area contributed by atoms with E-state index >= 15 is 0 Å². The second-order valence-corrected chi connectivity index (χ2v) is 10.2. The zero-order valence-corrected chi connectivity index (χ0v) is 20.3. The maximum Gasteiger partial charge on any atom is 0.162 e. The molecule has 4 aromatic rings. The standard InChI is InChI=1S/C28H27F2N7/c29-21-11-19(16-1-2-16)12-22(30)26(21)35-24-13-18(5-6-33-24)27-34-23-15-32-14-20(17-3-4-17)25(23)28(36-27)37-9-7-31-8-10-37/h5-6,11-17,31H,1-4,7-10H2,(H,33,35). The first-order valence-electron chi connectivity index (χ1n) is 13.0. The number of nitrogens with zero attached hydrogens (tertiary/aromatic N) is 5. The molecule has 7 rings (SSSR count). The first-order valence-corrected chi connectivity index (χ1v) is 13.0. The van der Waals surface area contributed by atoms with Crippen LogP contribution < -0.4 is 15.5 Å². The molecule has 3 fully saturated rings. The fourth-order valence-electron chi connectivity index (χ4n) is 5.16. The van der Waals surface area contributed by atoms with Crippen LogP contribution in [0.15, 0.2) is 42.9 Å². The summed E-state index contributed by atoms with van der Waals surface area (Å²) in [5, 5.41) is 7.32. The van der Waals surface area contributed by atoms with Crippen LogP contribution >= 0.6 is 0 Å². The van der Waals surface area contributed by atoms with Crippen LogP contribution in [-0.2, 0) is 0 Å². The number of aromatic nitrogens is 4. The number of hydrogen-bond acceptors (Lipinski definition) is 7. The number of rotatable bonds is 6. The highest BCUT2D eigenvalue weighted by atomic mass is 19.1. The van der Waals surface area contributed by atoms with Crippen molar-refractivity contribution in [3.05, 3.63) is 65.6 Å². The molecule has 1 saturated heterocycles. The number of piperazine rings is 1. The summed E-state index contributed by atoms with van der Waals surface area (Å²) in [5.41, 5.74) is 3.25. The smallest absolute Gasteiger partial charge is 0.162 e. The van der Waals surface area contributed by atoms with E-state index in [0.29, 0.717) is 28.7 Å². The van der Waals surface area contributed by atoms with Gasteiger partial charge in [-0.3, -0.25) is 4.98 Å². The molecular weight excluding hydrogens is 472 g/mol. The van der Waals surface area contributed by atoms with Gasteiger partial charge in [-0.15, -0.1) is 0 Å². The Bertz CT molecular complexity index is 1470. The third kappa shape index (κ3) is 4.37. The van der Waals surface area contributed by atoms with Gasteiger partial charge in [0.05, 0.1) is 11.7 Å². The summed E-state index contributed by atoms with van der Waals surface area (Å²) in [5.74, 6) is 1.33. The summed E-state index contributed by atoms with van der Waals surface area (Å²) in [4.78, 5) is 21.0. The molecule has 188 valence electrons. The van der Waals surface area contributed by atoms with Gasteiger partial charge in [-0.1, -0.05) is 0 Å². The van der Waals surface area contributed by atoms with Crippen molar-refractivity contribution in [3.8, 4) is 11.4 Å². The first-order chi connectivity index (χ1) is 18.1. The Kier molecular flexibility index (Phi) is 5.46. The normalized spacial score (nSPS) is 17.8. The van der Waals surface area contributed by atoms with Gasteiger partial charge >= 0.3 is 0 Å². The second-order valence-electron chi connectivity index (χ2n) is 10.2. The maximum absolute atomic E-state index is 14.8. The summed E-state index contributed by atoms with van der Waals surface area (Å²) in [6.45, 7) is 3.50. The lowest BCUT2D eigenvalue weighted by Gasteiger charge is -2.30. The quantitative estimate of drug-likeness (QED) is 0.374. The Morgan fingerprint density at radius 1 is 0.919 bits per heavy atom. The van der Waals surface area contributed by atoms with Crippen LogP contribution in [0, 0.1) is 11.6 Å². The Labute approximate surface area is 213 Å². The second kappa shape index (κ2) is 8.99. The Morgan fingerprint density at radius 3 is 2.41 bits per heavy atom. The minimum absolute atomic E-state index is 0.201. The summed E-state index contributed by atoms with van der Waals surface area (Å²) in [6.07, 6.45) is 9.65. The van der Waals surface area contributed by atoms with Gasteiger partial charge in [0.2, 0.25) is 0 Å². The van der Waals surface area contributed by atoms with Gasteiger partial charge in [-0.25, -0.2) is 23.7 Å². The number of pyridine rings is 2. The summed E-state index contributed by atoms with van der Waals surface area (Å²) in [7, 11) is 0. The lowest BCUT2D eigenvalue weighted by molar-refractivity contribution is 0.586. The highest BCUT2D eigenvalue weighted by Crippen LogP contribution is 2.45. The van der Waals surface area contributed by atoms with Crippen molar-refractivity contribution in [1.29, 1.82) is 0 Å². The number of anilines is 3. The third-order valence-corrected chi connectivity index (χ3v) is 7.44. The van der Waals surface area contributed by atoms with E-state index in [9.17, 15) is 8.78 Å². The van der Waals surface area contributed by atoms with E-state index in [2.05, 4.69) is 25.5 Å². The molecule has 0 amide bonds. The molecule has 2 aliphatic carbocycles. The van der Waals surface area contributed by atoms with Crippen molar-refractivity contribution in [2.45, 2.75) is 37.5 Å². The van der Waals surface area contributed by atoms with Crippen LogP contribution in [0.1, 0.15) is 48.6 Å². The molecule has 2 N–H and O–H groups in total. The molecule has 1 aliphatic heterocycles. The molecule has 4 heterocycles. The van der Waals surface area contributed by atoms with E-state index in [-0.39, 0.29) is 11.6 Å². The maximum atomic E-state index is 14.8. The first kappa shape index (κ1) is 22.5. The number of hydrogen-bond donors (Lipinski definition) is 2. The Hall–Kier alpha value is -3.72. The molecule has 0 radical (unpaired) electrons. The predicted molar refractivity (Wildman–Crippen MR) is 139 cm³/mol. The van der Waals surface area contributed by atoms with Crippen molar-refractivity contribution < 1.29 is 8.78 Å². The molecule has 0 atom stereocenters. The average molecular weight is 500 g/mol. The molecule has 0 spiro atoms. The minimum Gasteiger partial charge on any atom is -0.353 e. The molecule has 37 heavy (non-hydrogen) atoms. The van der Waals surface area contributed by atoms with Gasteiger partial charge < -0.3 is 15.5 Å². The zero-order chi connectivity index (χ0) is 24.9. The molecule has 0 bridgehead atoms. The Morgan fingerprint density at radius 2 is 1.68 bits per heavy atom. The van der Waals surface area contributed by atoms with E-state index in [1.165, 1.54) is 17.7 Å². The molecule has 3 aromatic heterocycles. The van der Waals surface area contributed by atoms with E-state index in [1.807, 2.05) is 12.3 Å². The molecular formula is C28H27F2N7. The highest BCUT2D eigenvalue weighted by molar-refractivity contribution is 5.94. The fraction of sp³-hybridized carbons (Fsp3) is 0.357. The SMILES string of the molecule is Fc1cc(C2CC2)cc(F)c1Nc1cc(-c2nc(N3CCNCC3)c3c(C4CC4)cncc3n2)ccn1. The van der Waals surface area contributed by atoms with Gasteiger partial charge in [-0.2, -0.15) is 0 Å². The van der Waals surface area contributed by atoms with Crippen molar-refractivity contribution in [2.24, 2.45) is 0 Å². The number of nitrogens with one attached hydrogen (secondary N) is 2. The Balaban J connectivity index is 1.28.